The summed E-state index contributed by atoms with van der Waals surface area (Å²) in [5, 5.41) is 17.2. The Morgan fingerprint density at radius 3 is 0.662 bits per heavy atom. The van der Waals surface area contributed by atoms with Gasteiger partial charge in [-0.3, -0.25) is 19.9 Å². The van der Waals surface area contributed by atoms with Crippen LogP contribution in [0.3, 0.4) is 0 Å². The van der Waals surface area contributed by atoms with Crippen LogP contribution in [0.25, 0.3) is 0 Å². The molecule has 4 rings (SSSR count). The molecule has 0 amide bonds. The zero-order valence-electron chi connectivity index (χ0n) is 27.7. The van der Waals surface area contributed by atoms with Crippen molar-refractivity contribution in [1.29, 1.82) is 0 Å². The standard InChI is InChI=1S/C22H4F37NO5/c23-1-5(24,25)2(63-20(54,55)14(42,60)11(36,37)17(45,46)47)8(30,31)3(6(1,26)27,64-21(56,57)15(43,61)12(38,39)18(48,49)50)10(34,35)4(7(1,28)29,9(2,32)33)65-22(58,59)16(44,62)13(40,41)19(51,52)53/h61-62H,60H2. The summed E-state index contributed by atoms with van der Waals surface area (Å²) in [6, 6.07) is 0. The smallest absolute Gasteiger partial charge is 0.350 e. The lowest BCUT2D eigenvalue weighted by Crippen LogP contribution is -3.12. The fourth-order valence-electron chi connectivity index (χ4n) is 6.33. The number of nitrogens with two attached hydrogens (primary N) is 1. The van der Waals surface area contributed by atoms with Crippen LogP contribution in [0, 0.1) is 0 Å². The van der Waals surface area contributed by atoms with Gasteiger partial charge in [-0.25, -0.2) is 8.78 Å². The maximum atomic E-state index is 16.2. The lowest BCUT2D eigenvalue weighted by molar-refractivity contribution is -0.676. The molecule has 4 saturated carbocycles. The summed E-state index contributed by atoms with van der Waals surface area (Å²) in [7, 11) is 0. The Labute approximate surface area is 324 Å². The molecule has 4 aliphatic rings. The number of hydrogen-bond donors (Lipinski definition) is 3. The highest BCUT2D eigenvalue weighted by molar-refractivity contribution is 5.55. The minimum atomic E-state index is -10.4. The molecule has 0 saturated heterocycles. The van der Waals surface area contributed by atoms with E-state index in [2.05, 4.69) is 5.73 Å². The van der Waals surface area contributed by atoms with E-state index in [1.807, 2.05) is 0 Å². The van der Waals surface area contributed by atoms with E-state index in [1.54, 1.807) is 0 Å². The average molecular weight is 1070 g/mol. The first-order valence-corrected chi connectivity index (χ1v) is 14.2. The molecule has 4 N–H and O–H groups in total. The van der Waals surface area contributed by atoms with E-state index < -0.39 is 130 Å². The number of halogens is 37. The minimum absolute atomic E-state index is 1.05. The van der Waals surface area contributed by atoms with E-state index in [1.165, 1.54) is 0 Å². The fourth-order valence-corrected chi connectivity index (χ4v) is 6.33. The van der Waals surface area contributed by atoms with Crippen molar-refractivity contribution >= 4 is 0 Å². The van der Waals surface area contributed by atoms with Crippen molar-refractivity contribution in [3.05, 3.63) is 0 Å². The normalized spacial score (nSPS) is 34.2. The molecule has 5 atom stereocenters. The van der Waals surface area contributed by atoms with Gasteiger partial charge in [0.1, 0.15) is 0 Å². The zero-order valence-corrected chi connectivity index (χ0v) is 27.7. The number of aliphatic hydroxyl groups is 2. The Morgan fingerprint density at radius 2 is 0.477 bits per heavy atom. The second-order valence-electron chi connectivity index (χ2n) is 13.2. The maximum Gasteiger partial charge on any atom is 0.459 e. The molecule has 386 valence electrons. The molecule has 4 fully saturated rings. The molecule has 0 aromatic heterocycles. The van der Waals surface area contributed by atoms with Crippen molar-refractivity contribution < 1.29 is 187 Å². The van der Waals surface area contributed by atoms with Crippen LogP contribution in [0.15, 0.2) is 0 Å². The van der Waals surface area contributed by atoms with Gasteiger partial charge in [0.2, 0.25) is 0 Å². The van der Waals surface area contributed by atoms with Crippen LogP contribution in [0.5, 0.6) is 0 Å². The third-order valence-electron chi connectivity index (χ3n) is 9.67. The highest BCUT2D eigenvalue weighted by Gasteiger charge is 3.24. The van der Waals surface area contributed by atoms with Gasteiger partial charge in [-0.15, -0.1) is 0 Å². The van der Waals surface area contributed by atoms with E-state index in [0.29, 0.717) is 0 Å². The lowest BCUT2D eigenvalue weighted by Gasteiger charge is -2.77. The van der Waals surface area contributed by atoms with Crippen molar-refractivity contribution in [3.63, 3.8) is 0 Å². The topological polar surface area (TPSA) is 94.2 Å². The van der Waals surface area contributed by atoms with Crippen molar-refractivity contribution in [3.8, 4) is 0 Å². The van der Waals surface area contributed by atoms with Crippen LogP contribution in [0.1, 0.15) is 0 Å². The summed E-state index contributed by atoms with van der Waals surface area (Å²) in [5.41, 5.74) is -38.0. The van der Waals surface area contributed by atoms with E-state index >= 15 is 57.1 Å². The predicted octanol–water partition coefficient (Wildman–Crippen LogP) is 9.13. The largest absolute Gasteiger partial charge is 0.459 e. The van der Waals surface area contributed by atoms with Gasteiger partial charge < -0.3 is 10.2 Å². The van der Waals surface area contributed by atoms with Gasteiger partial charge in [-0.2, -0.15) is 154 Å². The molecule has 65 heavy (non-hydrogen) atoms. The second kappa shape index (κ2) is 12.7. The maximum absolute atomic E-state index is 16.2. The first kappa shape index (κ1) is 56.5. The first-order chi connectivity index (χ1) is 27.4. The summed E-state index contributed by atoms with van der Waals surface area (Å²) >= 11 is 0. The van der Waals surface area contributed by atoms with E-state index in [9.17, 15) is 105 Å². The van der Waals surface area contributed by atoms with E-state index in [0.717, 1.165) is 14.2 Å². The molecule has 4 aliphatic carbocycles. The number of hydrogen-bond acceptors (Lipinski definition) is 6. The summed E-state index contributed by atoms with van der Waals surface area (Å²) in [6.45, 7) is 0. The van der Waals surface area contributed by atoms with Crippen LogP contribution in [0.2, 0.25) is 0 Å². The molecular weight excluding hydrogens is 1060 g/mol. The molecule has 0 heterocycles. The van der Waals surface area contributed by atoms with Gasteiger partial charge in [0.25, 0.3) is 16.8 Å². The average Bonchev–Trinajstić information content (AvgIpc) is 3.03. The van der Waals surface area contributed by atoms with Gasteiger partial charge >= 0.3 is 113 Å². The molecule has 0 aromatic rings. The van der Waals surface area contributed by atoms with Crippen molar-refractivity contribution in [2.75, 3.05) is 0 Å². The van der Waals surface area contributed by atoms with Crippen molar-refractivity contribution in [1.82, 2.24) is 0 Å². The molecule has 43 heteroatoms. The second-order valence-corrected chi connectivity index (χ2v) is 13.2. The summed E-state index contributed by atoms with van der Waals surface area (Å²) in [5.74, 6) is -115. The Bertz CT molecular complexity index is 1670. The highest BCUT2D eigenvalue weighted by Crippen LogP contribution is 2.90. The molecule has 4 bridgehead atoms. The predicted molar refractivity (Wildman–Crippen MR) is 113 cm³/mol. The molecule has 0 spiro atoms. The van der Waals surface area contributed by atoms with Gasteiger partial charge in [-0.1, -0.05) is 0 Å². The molecule has 5 unspecified atom stereocenters. The van der Waals surface area contributed by atoms with Crippen molar-refractivity contribution in [2.45, 2.75) is 130 Å². The monoisotopic (exact) mass is 1060 g/mol. The fraction of sp³-hybridized carbons (Fsp3) is 1.00. The van der Waals surface area contributed by atoms with Gasteiger partial charge in [0, 0.05) is 0 Å². The van der Waals surface area contributed by atoms with E-state index in [-0.39, 0.29) is 0 Å². The van der Waals surface area contributed by atoms with Crippen LogP contribution in [0.4, 0.5) is 162 Å². The lowest BCUT2D eigenvalue weighted by atomic mass is 9.38. The first-order valence-electron chi connectivity index (χ1n) is 14.2. The quantitative estimate of drug-likeness (QED) is 0.134. The minimum Gasteiger partial charge on any atom is -0.350 e. The third kappa shape index (κ3) is 5.14. The van der Waals surface area contributed by atoms with Crippen LogP contribution < -0.4 is 5.73 Å². The van der Waals surface area contributed by atoms with Gasteiger partial charge in [0.05, 0.1) is 0 Å². The Balaban J connectivity index is 2.94. The van der Waals surface area contributed by atoms with Crippen LogP contribution in [-0.4, -0.2) is 140 Å². The molecule has 0 aromatic carbocycles. The zero-order chi connectivity index (χ0) is 53.1. The summed E-state index contributed by atoms with van der Waals surface area (Å²) in [4.78, 5) is 0. The summed E-state index contributed by atoms with van der Waals surface area (Å²) < 4.78 is 541. The Kier molecular flexibility index (Phi) is 11.0. The SMILES string of the molecule is NC(F)(C(F)(F)OC12C(F)(F)C3(F)C(F)(F)C(OC(F)(F)C(O)(F)C(F)(F)C(F)(F)F)(C1(F)F)C(F)(F)C(OC(F)(F)C(O)(F)C(F)(F)C(F)(F)F)(C3(F)F)C2(F)F)C(F)(F)C(F)(F)F. The molecule has 0 radical (unpaired) electrons. The number of alkyl halides is 37. The number of ether oxygens (including phenoxy) is 3. The van der Waals surface area contributed by atoms with Crippen LogP contribution >= 0.6 is 0 Å². The summed E-state index contributed by atoms with van der Waals surface area (Å²) in [6.07, 6.45) is -54.4. The molecule has 0 aliphatic heterocycles. The van der Waals surface area contributed by atoms with E-state index in [4.69, 9.17) is 10.2 Å². The third-order valence-corrected chi connectivity index (χ3v) is 9.67. The number of rotatable bonds is 12. The highest BCUT2D eigenvalue weighted by atomic mass is 19.4. The molecular formula is C22H4F37NO5. The Morgan fingerprint density at radius 1 is 0.292 bits per heavy atom. The van der Waals surface area contributed by atoms with Gasteiger partial charge in [-0.05, 0) is 0 Å². The van der Waals surface area contributed by atoms with Crippen LogP contribution in [-0.2, 0) is 14.2 Å². The molecule has 6 nitrogen and oxygen atoms in total. The van der Waals surface area contributed by atoms with Gasteiger partial charge in [0.15, 0.2) is 0 Å². The van der Waals surface area contributed by atoms with Crippen molar-refractivity contribution in [2.24, 2.45) is 5.73 Å². The Hall–Kier alpha value is -2.83.